The maximum absolute atomic E-state index is 5.54. The van der Waals surface area contributed by atoms with Crippen LogP contribution in [-0.4, -0.2) is 6.54 Å². The van der Waals surface area contributed by atoms with Gasteiger partial charge in [-0.05, 0) is 60.0 Å². The van der Waals surface area contributed by atoms with Crippen LogP contribution in [-0.2, 0) is 12.8 Å². The molecule has 2 aromatic rings. The zero-order valence-electron chi connectivity index (χ0n) is 10.7. The molecule has 0 saturated heterocycles. The molecule has 3 rings (SSSR count). The van der Waals surface area contributed by atoms with Crippen LogP contribution in [0.15, 0.2) is 42.5 Å². The molecular weight excluding hydrogens is 218 g/mol. The molecule has 0 saturated carbocycles. The minimum atomic E-state index is 0.802. The molecule has 2 aromatic carbocycles. The smallest absolute Gasteiger partial charge is 0.00134 e. The summed E-state index contributed by atoms with van der Waals surface area (Å²) in [4.78, 5) is 0. The standard InChI is InChI=1S/C17H19N/c18-10-4-3-5-13-8-9-17-15(11-13)12-14-6-1-2-7-16(14)17/h1-2,6-9,11H,3-5,10,12,18H2. The highest BCUT2D eigenvalue weighted by atomic mass is 14.5. The van der Waals surface area contributed by atoms with Crippen molar-refractivity contribution in [2.45, 2.75) is 25.7 Å². The first-order chi connectivity index (χ1) is 8.88. The average Bonchev–Trinajstić information content (AvgIpc) is 2.76. The molecule has 18 heavy (non-hydrogen) atoms. The van der Waals surface area contributed by atoms with E-state index in [-0.39, 0.29) is 0 Å². The number of hydrogen-bond acceptors (Lipinski definition) is 1. The van der Waals surface area contributed by atoms with Gasteiger partial charge in [-0.15, -0.1) is 0 Å². The Labute approximate surface area is 109 Å². The van der Waals surface area contributed by atoms with Gasteiger partial charge in [0.2, 0.25) is 0 Å². The van der Waals surface area contributed by atoms with Crippen molar-refractivity contribution in [2.75, 3.05) is 6.54 Å². The summed E-state index contributed by atoms with van der Waals surface area (Å²) in [6.45, 7) is 0.802. The number of benzene rings is 2. The fourth-order valence-corrected chi connectivity index (χ4v) is 2.83. The van der Waals surface area contributed by atoms with Gasteiger partial charge in [-0.2, -0.15) is 0 Å². The van der Waals surface area contributed by atoms with Gasteiger partial charge in [0.05, 0.1) is 0 Å². The second-order valence-corrected chi connectivity index (χ2v) is 5.07. The molecule has 2 N–H and O–H groups in total. The predicted octanol–water partition coefficient (Wildman–Crippen LogP) is 3.54. The first-order valence-electron chi connectivity index (χ1n) is 6.78. The second-order valence-electron chi connectivity index (χ2n) is 5.07. The zero-order valence-corrected chi connectivity index (χ0v) is 10.7. The Hall–Kier alpha value is -1.60. The second kappa shape index (κ2) is 4.95. The molecule has 0 radical (unpaired) electrons. The highest BCUT2D eigenvalue weighted by molar-refractivity contribution is 5.76. The monoisotopic (exact) mass is 237 g/mol. The van der Waals surface area contributed by atoms with Crippen LogP contribution in [0.5, 0.6) is 0 Å². The number of fused-ring (bicyclic) bond motifs is 3. The zero-order chi connectivity index (χ0) is 12.4. The van der Waals surface area contributed by atoms with Gasteiger partial charge in [-0.3, -0.25) is 0 Å². The van der Waals surface area contributed by atoms with Crippen LogP contribution < -0.4 is 5.73 Å². The third kappa shape index (κ3) is 2.06. The van der Waals surface area contributed by atoms with Crippen molar-refractivity contribution in [3.63, 3.8) is 0 Å². The maximum Gasteiger partial charge on any atom is -0.00134 e. The van der Waals surface area contributed by atoms with Gasteiger partial charge in [0.1, 0.15) is 0 Å². The summed E-state index contributed by atoms with van der Waals surface area (Å²) in [6.07, 6.45) is 4.57. The number of nitrogens with two attached hydrogens (primary N) is 1. The van der Waals surface area contributed by atoms with Crippen molar-refractivity contribution in [3.05, 3.63) is 59.2 Å². The van der Waals surface area contributed by atoms with E-state index in [2.05, 4.69) is 42.5 Å². The van der Waals surface area contributed by atoms with Crippen LogP contribution in [0.25, 0.3) is 11.1 Å². The third-order valence-electron chi connectivity index (χ3n) is 3.78. The van der Waals surface area contributed by atoms with Gasteiger partial charge in [0.25, 0.3) is 0 Å². The van der Waals surface area contributed by atoms with Crippen LogP contribution in [0.3, 0.4) is 0 Å². The first-order valence-corrected chi connectivity index (χ1v) is 6.78. The maximum atomic E-state index is 5.54. The van der Waals surface area contributed by atoms with Gasteiger partial charge in [0.15, 0.2) is 0 Å². The van der Waals surface area contributed by atoms with Crippen LogP contribution >= 0.6 is 0 Å². The fourth-order valence-electron chi connectivity index (χ4n) is 2.83. The van der Waals surface area contributed by atoms with Crippen molar-refractivity contribution in [3.8, 4) is 11.1 Å². The summed E-state index contributed by atoms with van der Waals surface area (Å²) in [5.74, 6) is 0. The molecular formula is C17H19N. The van der Waals surface area contributed by atoms with Gasteiger partial charge < -0.3 is 5.73 Å². The highest BCUT2D eigenvalue weighted by Crippen LogP contribution is 2.36. The fraction of sp³-hybridized carbons (Fsp3) is 0.294. The SMILES string of the molecule is NCCCCc1ccc2c(c1)Cc1ccccc1-2. The normalized spacial score (nSPS) is 12.3. The molecule has 0 atom stereocenters. The quantitative estimate of drug-likeness (QED) is 0.690. The minimum Gasteiger partial charge on any atom is -0.330 e. The van der Waals surface area contributed by atoms with Crippen molar-refractivity contribution in [2.24, 2.45) is 5.73 Å². The Bertz CT molecular complexity index is 557. The van der Waals surface area contributed by atoms with Gasteiger partial charge in [0, 0.05) is 0 Å². The van der Waals surface area contributed by atoms with Crippen LogP contribution in [0.1, 0.15) is 29.5 Å². The number of unbranched alkanes of at least 4 members (excludes halogenated alkanes) is 1. The predicted molar refractivity (Wildman–Crippen MR) is 76.7 cm³/mol. The summed E-state index contributed by atoms with van der Waals surface area (Å²) < 4.78 is 0. The van der Waals surface area contributed by atoms with E-state index < -0.39 is 0 Å². The lowest BCUT2D eigenvalue weighted by molar-refractivity contribution is 0.744. The lowest BCUT2D eigenvalue weighted by atomic mass is 10.0. The molecule has 0 bridgehead atoms. The van der Waals surface area contributed by atoms with E-state index in [4.69, 9.17) is 5.73 Å². The summed E-state index contributed by atoms with van der Waals surface area (Å²) >= 11 is 0. The van der Waals surface area contributed by atoms with E-state index in [1.807, 2.05) is 0 Å². The minimum absolute atomic E-state index is 0.802. The van der Waals surface area contributed by atoms with Crippen LogP contribution in [0.4, 0.5) is 0 Å². The van der Waals surface area contributed by atoms with Crippen LogP contribution in [0.2, 0.25) is 0 Å². The Balaban J connectivity index is 1.84. The highest BCUT2D eigenvalue weighted by Gasteiger charge is 2.17. The first kappa shape index (κ1) is 11.5. The number of aryl methyl sites for hydroxylation is 1. The molecule has 1 aliphatic carbocycles. The van der Waals surface area contributed by atoms with E-state index in [0.29, 0.717) is 0 Å². The molecule has 0 spiro atoms. The molecule has 1 aliphatic rings. The van der Waals surface area contributed by atoms with Crippen molar-refractivity contribution >= 4 is 0 Å². The molecule has 1 heteroatoms. The van der Waals surface area contributed by atoms with Gasteiger partial charge in [-0.1, -0.05) is 42.5 Å². The molecule has 0 unspecified atom stereocenters. The van der Waals surface area contributed by atoms with E-state index in [9.17, 15) is 0 Å². The number of rotatable bonds is 4. The van der Waals surface area contributed by atoms with E-state index in [0.717, 1.165) is 25.8 Å². The molecule has 1 nitrogen and oxygen atoms in total. The Morgan fingerprint density at radius 2 is 1.72 bits per heavy atom. The molecule has 0 amide bonds. The Kier molecular flexibility index (Phi) is 3.16. The number of hydrogen-bond donors (Lipinski definition) is 1. The van der Waals surface area contributed by atoms with Gasteiger partial charge >= 0.3 is 0 Å². The van der Waals surface area contributed by atoms with E-state index >= 15 is 0 Å². The van der Waals surface area contributed by atoms with Crippen LogP contribution in [0, 0.1) is 0 Å². The summed E-state index contributed by atoms with van der Waals surface area (Å²) in [6, 6.07) is 15.7. The Morgan fingerprint density at radius 1 is 0.889 bits per heavy atom. The summed E-state index contributed by atoms with van der Waals surface area (Å²) in [5.41, 5.74) is 12.8. The molecule has 92 valence electrons. The van der Waals surface area contributed by atoms with E-state index in [1.54, 1.807) is 0 Å². The lowest BCUT2D eigenvalue weighted by Crippen LogP contribution is -1.99. The van der Waals surface area contributed by atoms with Crippen molar-refractivity contribution < 1.29 is 0 Å². The van der Waals surface area contributed by atoms with Crippen molar-refractivity contribution in [1.29, 1.82) is 0 Å². The van der Waals surface area contributed by atoms with Crippen molar-refractivity contribution in [1.82, 2.24) is 0 Å². The molecule has 0 aliphatic heterocycles. The Morgan fingerprint density at radius 3 is 2.61 bits per heavy atom. The average molecular weight is 237 g/mol. The lowest BCUT2D eigenvalue weighted by Gasteiger charge is -2.05. The molecule has 0 heterocycles. The van der Waals surface area contributed by atoms with Gasteiger partial charge in [-0.25, -0.2) is 0 Å². The summed E-state index contributed by atoms with van der Waals surface area (Å²) in [7, 11) is 0. The largest absolute Gasteiger partial charge is 0.330 e. The van der Waals surface area contributed by atoms with E-state index in [1.165, 1.54) is 34.2 Å². The summed E-state index contributed by atoms with van der Waals surface area (Å²) in [5, 5.41) is 0. The third-order valence-corrected chi connectivity index (χ3v) is 3.78. The topological polar surface area (TPSA) is 26.0 Å². The molecule has 0 aromatic heterocycles. The molecule has 0 fully saturated rings.